The number of ether oxygens (including phenoxy) is 1. The number of esters is 1. The topological polar surface area (TPSA) is 52.6 Å². The van der Waals surface area contributed by atoms with Crippen LogP contribution in [0.2, 0.25) is 0 Å². The normalized spacial score (nSPS) is 11.9. The van der Waals surface area contributed by atoms with Crippen molar-refractivity contribution in [3.05, 3.63) is 0 Å². The van der Waals surface area contributed by atoms with E-state index in [4.69, 9.17) is 11.9 Å². The molecule has 0 bridgehead atoms. The summed E-state index contributed by atoms with van der Waals surface area (Å²) in [6, 6.07) is 0. The summed E-state index contributed by atoms with van der Waals surface area (Å²) in [7, 11) is 0. The Labute approximate surface area is 82.3 Å². The first-order valence-electron chi connectivity index (χ1n) is 4.13. The first-order chi connectivity index (χ1) is 6.15. The fourth-order valence-corrected chi connectivity index (χ4v) is 1.00. The van der Waals surface area contributed by atoms with Gasteiger partial charge in [-0.05, 0) is 13.3 Å². The van der Waals surface area contributed by atoms with Crippen LogP contribution >= 0.6 is 11.9 Å². The predicted octanol–water partition coefficient (Wildman–Crippen LogP) is 1.66. The van der Waals surface area contributed by atoms with Crippen LogP contribution in [0.4, 0.5) is 0 Å². The molecule has 4 nitrogen and oxygen atoms in total. The third-order valence-corrected chi connectivity index (χ3v) is 1.77. The third kappa shape index (κ3) is 4.72. The molecule has 0 N–H and O–H groups in total. The molecule has 0 spiro atoms. The highest BCUT2D eigenvalue weighted by atomic mass is 35.5. The van der Waals surface area contributed by atoms with Crippen molar-refractivity contribution in [2.24, 2.45) is 5.92 Å². The number of halogens is 1. The first kappa shape index (κ1) is 12.2. The molecule has 0 rings (SSSR count). The van der Waals surface area contributed by atoms with Crippen LogP contribution in [0.1, 0.15) is 26.7 Å². The molecular formula is C8H13ClO4. The van der Waals surface area contributed by atoms with Crippen molar-refractivity contribution < 1.29 is 18.6 Å². The molecule has 0 heterocycles. The maximum atomic E-state index is 11.0. The Hall–Kier alpha value is -0.770. The Morgan fingerprint density at radius 3 is 2.38 bits per heavy atom. The van der Waals surface area contributed by atoms with E-state index >= 15 is 0 Å². The standard InChI is InChI=1S/C8H13ClO4/c1-3-6(8(11)13-9)5-7(10)12-4-2/h6H,3-5H2,1-2H3. The van der Waals surface area contributed by atoms with Crippen molar-refractivity contribution in [2.45, 2.75) is 26.7 Å². The molecular weight excluding hydrogens is 196 g/mol. The van der Waals surface area contributed by atoms with Crippen LogP contribution in [0, 0.1) is 5.92 Å². The minimum absolute atomic E-state index is 0.0237. The average Bonchev–Trinajstić information content (AvgIpc) is 2.13. The third-order valence-electron chi connectivity index (χ3n) is 1.62. The molecule has 13 heavy (non-hydrogen) atoms. The van der Waals surface area contributed by atoms with Gasteiger partial charge in [0.15, 0.2) is 0 Å². The van der Waals surface area contributed by atoms with Gasteiger partial charge in [0, 0.05) is 0 Å². The summed E-state index contributed by atoms with van der Waals surface area (Å²) in [4.78, 5) is 21.9. The molecule has 0 aliphatic heterocycles. The van der Waals surface area contributed by atoms with Crippen LogP contribution < -0.4 is 0 Å². The minimum Gasteiger partial charge on any atom is -0.466 e. The van der Waals surface area contributed by atoms with Gasteiger partial charge < -0.3 is 9.03 Å². The van der Waals surface area contributed by atoms with E-state index in [1.807, 2.05) is 0 Å². The number of carbonyl (C=O) groups excluding carboxylic acids is 2. The molecule has 0 fully saturated rings. The van der Waals surface area contributed by atoms with E-state index in [0.29, 0.717) is 13.0 Å². The fraction of sp³-hybridized carbons (Fsp3) is 0.750. The highest BCUT2D eigenvalue weighted by molar-refractivity contribution is 6.13. The maximum Gasteiger partial charge on any atom is 0.328 e. The van der Waals surface area contributed by atoms with Gasteiger partial charge in [-0.25, -0.2) is 0 Å². The predicted molar refractivity (Wildman–Crippen MR) is 47.0 cm³/mol. The SMILES string of the molecule is CCOC(=O)CC(CC)C(=O)OCl. The summed E-state index contributed by atoms with van der Waals surface area (Å²) in [5.74, 6) is -1.50. The highest BCUT2D eigenvalue weighted by Gasteiger charge is 2.22. The van der Waals surface area contributed by atoms with Crippen LogP contribution in [0.5, 0.6) is 0 Å². The monoisotopic (exact) mass is 208 g/mol. The zero-order valence-corrected chi connectivity index (χ0v) is 8.47. The largest absolute Gasteiger partial charge is 0.466 e. The smallest absolute Gasteiger partial charge is 0.328 e. The molecule has 0 aromatic heterocycles. The fourth-order valence-electron chi connectivity index (χ4n) is 0.878. The van der Waals surface area contributed by atoms with E-state index in [1.54, 1.807) is 13.8 Å². The van der Waals surface area contributed by atoms with E-state index in [2.05, 4.69) is 9.03 Å². The Morgan fingerprint density at radius 1 is 1.38 bits per heavy atom. The van der Waals surface area contributed by atoms with Gasteiger partial charge >= 0.3 is 11.9 Å². The maximum absolute atomic E-state index is 11.0. The lowest BCUT2D eigenvalue weighted by molar-refractivity contribution is -0.149. The van der Waals surface area contributed by atoms with E-state index in [1.165, 1.54) is 0 Å². The lowest BCUT2D eigenvalue weighted by Gasteiger charge is -2.09. The van der Waals surface area contributed by atoms with Crippen LogP contribution in [0.25, 0.3) is 0 Å². The van der Waals surface area contributed by atoms with Crippen molar-refractivity contribution >= 4 is 23.8 Å². The molecule has 0 amide bonds. The van der Waals surface area contributed by atoms with Crippen LogP contribution in [-0.4, -0.2) is 18.5 Å². The summed E-state index contributed by atoms with van der Waals surface area (Å²) in [6.45, 7) is 3.79. The molecule has 0 radical (unpaired) electrons. The van der Waals surface area contributed by atoms with Crippen molar-refractivity contribution in [2.75, 3.05) is 6.61 Å². The van der Waals surface area contributed by atoms with Gasteiger partial charge in [0.1, 0.15) is 11.9 Å². The van der Waals surface area contributed by atoms with Gasteiger partial charge in [-0.15, -0.1) is 0 Å². The van der Waals surface area contributed by atoms with E-state index < -0.39 is 17.9 Å². The summed E-state index contributed by atoms with van der Waals surface area (Å²) in [6.07, 6.45) is 0.528. The molecule has 0 aromatic carbocycles. The lowest BCUT2D eigenvalue weighted by atomic mass is 10.0. The number of carbonyl (C=O) groups is 2. The van der Waals surface area contributed by atoms with Crippen LogP contribution in [0.3, 0.4) is 0 Å². The van der Waals surface area contributed by atoms with Crippen molar-refractivity contribution in [3.8, 4) is 0 Å². The van der Waals surface area contributed by atoms with Gasteiger partial charge in [-0.2, -0.15) is 0 Å². The molecule has 0 saturated carbocycles. The van der Waals surface area contributed by atoms with Gasteiger partial charge in [0.2, 0.25) is 0 Å². The average molecular weight is 209 g/mol. The number of hydrogen-bond acceptors (Lipinski definition) is 4. The van der Waals surface area contributed by atoms with Crippen LogP contribution in [-0.2, 0) is 18.6 Å². The lowest BCUT2D eigenvalue weighted by Crippen LogP contribution is -2.19. The van der Waals surface area contributed by atoms with Gasteiger partial charge in [-0.1, -0.05) is 6.92 Å². The molecule has 5 heteroatoms. The second-order valence-corrected chi connectivity index (χ2v) is 2.66. The van der Waals surface area contributed by atoms with Gasteiger partial charge in [-0.3, -0.25) is 9.59 Å². The van der Waals surface area contributed by atoms with Gasteiger partial charge in [0.05, 0.1) is 18.9 Å². The Morgan fingerprint density at radius 2 is 2.00 bits per heavy atom. The Bertz CT molecular complexity index is 181. The van der Waals surface area contributed by atoms with Crippen molar-refractivity contribution in [1.29, 1.82) is 0 Å². The molecule has 1 unspecified atom stereocenters. The van der Waals surface area contributed by atoms with Crippen molar-refractivity contribution in [3.63, 3.8) is 0 Å². The van der Waals surface area contributed by atoms with E-state index in [9.17, 15) is 9.59 Å². The second kappa shape index (κ2) is 6.71. The Kier molecular flexibility index (Phi) is 6.32. The van der Waals surface area contributed by atoms with E-state index in [0.717, 1.165) is 0 Å². The quantitative estimate of drug-likeness (QED) is 0.645. The van der Waals surface area contributed by atoms with Gasteiger partial charge in [0.25, 0.3) is 0 Å². The minimum atomic E-state index is -0.586. The van der Waals surface area contributed by atoms with Crippen molar-refractivity contribution in [1.82, 2.24) is 0 Å². The van der Waals surface area contributed by atoms with E-state index in [-0.39, 0.29) is 6.42 Å². The molecule has 0 aliphatic carbocycles. The van der Waals surface area contributed by atoms with Crippen LogP contribution in [0.15, 0.2) is 0 Å². The summed E-state index contributed by atoms with van der Waals surface area (Å²) in [5.41, 5.74) is 0. The zero-order valence-electron chi connectivity index (χ0n) is 7.71. The summed E-state index contributed by atoms with van der Waals surface area (Å²) < 4.78 is 8.69. The zero-order chi connectivity index (χ0) is 10.3. The molecule has 76 valence electrons. The molecule has 0 aliphatic rings. The highest BCUT2D eigenvalue weighted by Crippen LogP contribution is 2.12. The number of rotatable bonds is 5. The molecule has 0 aromatic rings. The molecule has 0 saturated heterocycles. The summed E-state index contributed by atoms with van der Waals surface area (Å²) in [5, 5.41) is 0. The number of hydrogen-bond donors (Lipinski definition) is 0. The second-order valence-electron chi connectivity index (χ2n) is 2.51. The summed E-state index contributed by atoms with van der Waals surface area (Å²) >= 11 is 4.88. The Balaban J connectivity index is 3.97. The first-order valence-corrected chi connectivity index (χ1v) is 4.44. The molecule has 1 atom stereocenters.